The molecular weight excluding hydrogens is 292 g/mol. The number of aryl methyl sites for hydroxylation is 1. The number of nitrogens with one attached hydrogen (secondary N) is 1. The van der Waals surface area contributed by atoms with Crippen molar-refractivity contribution in [1.29, 1.82) is 0 Å². The summed E-state index contributed by atoms with van der Waals surface area (Å²) in [4.78, 5) is 25.5. The Bertz CT molecular complexity index is 724. The fourth-order valence-corrected chi connectivity index (χ4v) is 2.28. The molecule has 5 heteroatoms. The van der Waals surface area contributed by atoms with Gasteiger partial charge >= 0.3 is 0 Å². The SMILES string of the molecule is CNC(=O)c1ccc(CN(C)C(=O)c2cc(C)ccc2O)cc1. The predicted octanol–water partition coefficient (Wildman–Crippen LogP) is 2.33. The zero-order valence-corrected chi connectivity index (χ0v) is 13.5. The Kier molecular flexibility index (Phi) is 5.01. The Hall–Kier alpha value is -2.82. The Labute approximate surface area is 135 Å². The molecule has 0 spiro atoms. The van der Waals surface area contributed by atoms with Crippen LogP contribution in [0.4, 0.5) is 0 Å². The lowest BCUT2D eigenvalue weighted by atomic mass is 10.1. The zero-order chi connectivity index (χ0) is 17.0. The monoisotopic (exact) mass is 312 g/mol. The van der Waals surface area contributed by atoms with Gasteiger partial charge in [-0.2, -0.15) is 0 Å². The first-order valence-electron chi connectivity index (χ1n) is 7.28. The molecule has 120 valence electrons. The van der Waals surface area contributed by atoms with Crippen LogP contribution in [0.15, 0.2) is 42.5 Å². The summed E-state index contributed by atoms with van der Waals surface area (Å²) in [5.41, 5.74) is 2.67. The minimum atomic E-state index is -0.249. The van der Waals surface area contributed by atoms with Crippen LogP contribution in [0.2, 0.25) is 0 Å². The molecule has 0 aliphatic rings. The molecular formula is C18H20N2O3. The number of hydrogen-bond donors (Lipinski definition) is 2. The number of amides is 2. The second kappa shape index (κ2) is 6.96. The minimum Gasteiger partial charge on any atom is -0.507 e. The molecule has 0 radical (unpaired) electrons. The van der Waals surface area contributed by atoms with Crippen molar-refractivity contribution in [3.8, 4) is 5.75 Å². The lowest BCUT2D eigenvalue weighted by Gasteiger charge is -2.18. The summed E-state index contributed by atoms with van der Waals surface area (Å²) in [7, 11) is 3.26. The van der Waals surface area contributed by atoms with Crippen molar-refractivity contribution in [1.82, 2.24) is 10.2 Å². The molecule has 0 saturated heterocycles. The first-order valence-corrected chi connectivity index (χ1v) is 7.28. The van der Waals surface area contributed by atoms with Crippen LogP contribution < -0.4 is 5.32 Å². The summed E-state index contributed by atoms with van der Waals surface area (Å²) < 4.78 is 0. The summed E-state index contributed by atoms with van der Waals surface area (Å²) in [6.07, 6.45) is 0. The average molecular weight is 312 g/mol. The smallest absolute Gasteiger partial charge is 0.257 e. The molecule has 2 amide bonds. The fraction of sp³-hybridized carbons (Fsp3) is 0.222. The molecule has 2 aromatic carbocycles. The summed E-state index contributed by atoms with van der Waals surface area (Å²) in [5, 5.41) is 12.4. The van der Waals surface area contributed by atoms with Crippen LogP contribution in [-0.4, -0.2) is 35.9 Å². The number of carbonyl (C=O) groups is 2. The topological polar surface area (TPSA) is 69.6 Å². The van der Waals surface area contributed by atoms with Crippen LogP contribution >= 0.6 is 0 Å². The Balaban J connectivity index is 2.12. The van der Waals surface area contributed by atoms with Crippen molar-refractivity contribution < 1.29 is 14.7 Å². The van der Waals surface area contributed by atoms with E-state index in [-0.39, 0.29) is 23.1 Å². The number of benzene rings is 2. The molecule has 5 nitrogen and oxygen atoms in total. The molecule has 0 saturated carbocycles. The molecule has 0 aliphatic heterocycles. The summed E-state index contributed by atoms with van der Waals surface area (Å²) >= 11 is 0. The highest BCUT2D eigenvalue weighted by molar-refractivity contribution is 5.97. The molecule has 0 unspecified atom stereocenters. The van der Waals surface area contributed by atoms with E-state index >= 15 is 0 Å². The highest BCUT2D eigenvalue weighted by Crippen LogP contribution is 2.20. The highest BCUT2D eigenvalue weighted by atomic mass is 16.3. The van der Waals surface area contributed by atoms with Crippen molar-refractivity contribution in [2.75, 3.05) is 14.1 Å². The first kappa shape index (κ1) is 16.5. The van der Waals surface area contributed by atoms with Crippen molar-refractivity contribution >= 4 is 11.8 Å². The van der Waals surface area contributed by atoms with Gasteiger partial charge in [0.15, 0.2) is 0 Å². The predicted molar refractivity (Wildman–Crippen MR) is 88.5 cm³/mol. The van der Waals surface area contributed by atoms with E-state index < -0.39 is 0 Å². The van der Waals surface area contributed by atoms with E-state index in [2.05, 4.69) is 5.32 Å². The van der Waals surface area contributed by atoms with Crippen molar-refractivity contribution in [3.05, 3.63) is 64.7 Å². The quantitative estimate of drug-likeness (QED) is 0.910. The molecule has 2 N–H and O–H groups in total. The maximum Gasteiger partial charge on any atom is 0.257 e. The van der Waals surface area contributed by atoms with E-state index in [1.54, 1.807) is 38.4 Å². The van der Waals surface area contributed by atoms with Gasteiger partial charge in [-0.05, 0) is 36.8 Å². The number of carbonyl (C=O) groups excluding carboxylic acids is 2. The number of rotatable bonds is 4. The third kappa shape index (κ3) is 3.88. The van der Waals surface area contributed by atoms with Crippen LogP contribution in [0.25, 0.3) is 0 Å². The molecule has 0 aromatic heterocycles. The van der Waals surface area contributed by atoms with Gasteiger partial charge in [0, 0.05) is 26.2 Å². The highest BCUT2D eigenvalue weighted by Gasteiger charge is 2.16. The Morgan fingerprint density at radius 1 is 1.13 bits per heavy atom. The molecule has 0 aliphatic carbocycles. The largest absolute Gasteiger partial charge is 0.507 e. The molecule has 0 bridgehead atoms. The van der Waals surface area contributed by atoms with Crippen LogP contribution in [0, 0.1) is 6.92 Å². The van der Waals surface area contributed by atoms with Gasteiger partial charge in [-0.25, -0.2) is 0 Å². The summed E-state index contributed by atoms with van der Waals surface area (Å²) in [6.45, 7) is 2.26. The van der Waals surface area contributed by atoms with Crippen molar-refractivity contribution in [2.45, 2.75) is 13.5 Å². The number of nitrogens with zero attached hydrogens (tertiary/aromatic N) is 1. The maximum absolute atomic E-state index is 12.4. The van der Waals surface area contributed by atoms with Crippen molar-refractivity contribution in [2.24, 2.45) is 0 Å². The lowest BCUT2D eigenvalue weighted by Crippen LogP contribution is -2.26. The Morgan fingerprint density at radius 3 is 2.39 bits per heavy atom. The van der Waals surface area contributed by atoms with E-state index in [4.69, 9.17) is 0 Å². The van der Waals surface area contributed by atoms with Gasteiger partial charge in [-0.15, -0.1) is 0 Å². The van der Waals surface area contributed by atoms with Gasteiger partial charge in [0.1, 0.15) is 5.75 Å². The van der Waals surface area contributed by atoms with Crippen LogP contribution in [-0.2, 0) is 6.54 Å². The van der Waals surface area contributed by atoms with Gasteiger partial charge in [0.25, 0.3) is 11.8 Å². The number of hydrogen-bond acceptors (Lipinski definition) is 3. The molecule has 23 heavy (non-hydrogen) atoms. The van der Waals surface area contributed by atoms with Gasteiger partial charge in [-0.3, -0.25) is 9.59 Å². The van der Waals surface area contributed by atoms with Crippen molar-refractivity contribution in [3.63, 3.8) is 0 Å². The second-order valence-corrected chi connectivity index (χ2v) is 5.46. The first-order chi connectivity index (χ1) is 10.9. The van der Waals surface area contributed by atoms with E-state index in [9.17, 15) is 14.7 Å². The van der Waals surface area contributed by atoms with Crippen LogP contribution in [0.3, 0.4) is 0 Å². The van der Waals surface area contributed by atoms with E-state index in [0.29, 0.717) is 12.1 Å². The molecule has 0 heterocycles. The standard InChI is InChI=1S/C18H20N2O3/c1-12-4-9-16(21)15(10-12)18(23)20(3)11-13-5-7-14(8-6-13)17(22)19-2/h4-10,21H,11H2,1-3H3,(H,19,22). The fourth-order valence-electron chi connectivity index (χ4n) is 2.28. The van der Waals surface area contributed by atoms with Crippen LogP contribution in [0.1, 0.15) is 31.8 Å². The third-order valence-corrected chi connectivity index (χ3v) is 3.59. The molecule has 0 fully saturated rings. The third-order valence-electron chi connectivity index (χ3n) is 3.59. The summed E-state index contributed by atoms with van der Waals surface area (Å²) in [6, 6.07) is 12.0. The molecule has 2 aromatic rings. The second-order valence-electron chi connectivity index (χ2n) is 5.46. The number of phenols is 1. The lowest BCUT2D eigenvalue weighted by molar-refractivity contribution is 0.0781. The maximum atomic E-state index is 12.4. The number of aromatic hydroxyl groups is 1. The average Bonchev–Trinajstić information content (AvgIpc) is 2.56. The summed E-state index contributed by atoms with van der Waals surface area (Å²) in [5.74, 6) is -0.422. The van der Waals surface area contributed by atoms with Gasteiger partial charge in [0.2, 0.25) is 0 Å². The van der Waals surface area contributed by atoms with E-state index in [1.165, 1.54) is 11.0 Å². The Morgan fingerprint density at radius 2 is 1.78 bits per heavy atom. The van der Waals surface area contributed by atoms with E-state index in [0.717, 1.165) is 11.1 Å². The minimum absolute atomic E-state index is 0.0255. The van der Waals surface area contributed by atoms with Gasteiger partial charge < -0.3 is 15.3 Å². The van der Waals surface area contributed by atoms with Gasteiger partial charge in [-0.1, -0.05) is 23.8 Å². The normalized spacial score (nSPS) is 10.2. The van der Waals surface area contributed by atoms with E-state index in [1.807, 2.05) is 19.1 Å². The van der Waals surface area contributed by atoms with Crippen LogP contribution in [0.5, 0.6) is 5.75 Å². The molecule has 0 atom stereocenters. The molecule has 2 rings (SSSR count). The zero-order valence-electron chi connectivity index (χ0n) is 13.5. The van der Waals surface area contributed by atoms with Gasteiger partial charge in [0.05, 0.1) is 5.56 Å². The number of phenolic OH excluding ortho intramolecular Hbond substituents is 1.